The molecule has 1 atom stereocenters. The van der Waals surface area contributed by atoms with E-state index in [0.29, 0.717) is 24.2 Å². The van der Waals surface area contributed by atoms with Crippen molar-refractivity contribution < 1.29 is 14.4 Å². The predicted molar refractivity (Wildman–Crippen MR) is 139 cm³/mol. The number of carbonyl (C=O) groups excluding carboxylic acids is 3. The van der Waals surface area contributed by atoms with Crippen LogP contribution in [-0.4, -0.2) is 34.3 Å². The van der Waals surface area contributed by atoms with E-state index in [0.717, 1.165) is 39.0 Å². The fraction of sp³-hybridized carbons (Fsp3) is 0.207. The molecule has 36 heavy (non-hydrogen) atoms. The van der Waals surface area contributed by atoms with Crippen molar-refractivity contribution in [3.63, 3.8) is 0 Å². The quantitative estimate of drug-likeness (QED) is 0.393. The molecule has 3 heterocycles. The molecule has 2 aliphatic heterocycles. The second-order valence-electron chi connectivity index (χ2n) is 9.72. The van der Waals surface area contributed by atoms with Gasteiger partial charge in [-0.3, -0.25) is 9.59 Å². The molecular weight excluding hydrogens is 452 g/mol. The summed E-state index contributed by atoms with van der Waals surface area (Å²) < 4.78 is 0. The Balaban J connectivity index is 1.29. The maximum atomic E-state index is 13.8. The number of imide groups is 1. The predicted octanol–water partition coefficient (Wildman–Crippen LogP) is 5.28. The Labute approximate surface area is 208 Å². The molecule has 1 saturated heterocycles. The van der Waals surface area contributed by atoms with Crippen LogP contribution in [0, 0.1) is 13.8 Å². The number of nitrogens with one attached hydrogen (secondary N) is 2. The molecule has 0 spiro atoms. The zero-order chi connectivity index (χ0) is 25.2. The molecule has 1 aromatic heterocycles. The van der Waals surface area contributed by atoms with E-state index in [4.69, 9.17) is 0 Å². The molecule has 1 unspecified atom stereocenters. The minimum atomic E-state index is -1.11. The molecule has 180 valence electrons. The molecule has 0 bridgehead atoms. The number of nitrogens with zero attached hydrogens (tertiary/aromatic N) is 2. The number of aryl methyl sites for hydroxylation is 2. The molecule has 7 heteroatoms. The first-order chi connectivity index (χ1) is 17.3. The minimum absolute atomic E-state index is 0.254. The number of carbonyl (C=O) groups is 3. The number of fused-ring (bicyclic) bond motifs is 5. The summed E-state index contributed by atoms with van der Waals surface area (Å²) in [6, 6.07) is 20.0. The summed E-state index contributed by atoms with van der Waals surface area (Å²) in [7, 11) is 0. The highest BCUT2D eigenvalue weighted by Crippen LogP contribution is 2.45. The first kappa shape index (κ1) is 22.1. The molecule has 0 saturated carbocycles. The zero-order valence-corrected chi connectivity index (χ0v) is 20.4. The van der Waals surface area contributed by atoms with Gasteiger partial charge >= 0.3 is 6.03 Å². The van der Waals surface area contributed by atoms with Gasteiger partial charge in [-0.2, -0.15) is 0 Å². The lowest BCUT2D eigenvalue weighted by Crippen LogP contribution is -2.49. The van der Waals surface area contributed by atoms with Gasteiger partial charge in [-0.25, -0.2) is 9.69 Å². The summed E-state index contributed by atoms with van der Waals surface area (Å²) in [6.45, 7) is 6.29. The van der Waals surface area contributed by atoms with Gasteiger partial charge in [0, 0.05) is 28.7 Å². The van der Waals surface area contributed by atoms with Crippen LogP contribution < -0.4 is 10.2 Å². The van der Waals surface area contributed by atoms with Crippen molar-refractivity contribution in [1.82, 2.24) is 9.88 Å². The van der Waals surface area contributed by atoms with Gasteiger partial charge in [0.25, 0.3) is 11.8 Å². The van der Waals surface area contributed by atoms with Crippen LogP contribution in [-0.2, 0) is 16.8 Å². The Morgan fingerprint density at radius 3 is 2.47 bits per heavy atom. The maximum absolute atomic E-state index is 13.8. The van der Waals surface area contributed by atoms with Gasteiger partial charge < -0.3 is 15.2 Å². The summed E-state index contributed by atoms with van der Waals surface area (Å²) in [4.78, 5) is 46.3. The smallest absolute Gasteiger partial charge is 0.332 e. The fourth-order valence-corrected chi connectivity index (χ4v) is 5.40. The van der Waals surface area contributed by atoms with E-state index in [9.17, 15) is 14.4 Å². The number of anilines is 2. The summed E-state index contributed by atoms with van der Waals surface area (Å²) in [5.41, 5.74) is 5.58. The Morgan fingerprint density at radius 1 is 0.972 bits per heavy atom. The van der Waals surface area contributed by atoms with Crippen molar-refractivity contribution in [3.8, 4) is 0 Å². The Kier molecular flexibility index (Phi) is 4.80. The van der Waals surface area contributed by atoms with Crippen LogP contribution in [0.1, 0.15) is 39.7 Å². The van der Waals surface area contributed by atoms with E-state index < -0.39 is 5.54 Å². The van der Waals surface area contributed by atoms with Gasteiger partial charge in [-0.15, -0.1) is 0 Å². The van der Waals surface area contributed by atoms with Crippen molar-refractivity contribution in [1.29, 1.82) is 0 Å². The Hall–Kier alpha value is -4.39. The molecule has 4 amide bonds. The highest BCUT2D eigenvalue weighted by molar-refractivity contribution is 6.23. The lowest BCUT2D eigenvalue weighted by Gasteiger charge is -2.35. The molecule has 3 aromatic carbocycles. The maximum Gasteiger partial charge on any atom is 0.332 e. The number of para-hydroxylation sites is 1. The van der Waals surface area contributed by atoms with Crippen molar-refractivity contribution in [3.05, 3.63) is 94.7 Å². The molecule has 7 nitrogen and oxygen atoms in total. The van der Waals surface area contributed by atoms with Gasteiger partial charge in [0.2, 0.25) is 0 Å². The normalized spacial score (nSPS) is 19.0. The topological polar surface area (TPSA) is 85.5 Å². The first-order valence-corrected chi connectivity index (χ1v) is 12.0. The number of hydrogen-bond donors (Lipinski definition) is 2. The van der Waals surface area contributed by atoms with Crippen LogP contribution in [0.2, 0.25) is 0 Å². The monoisotopic (exact) mass is 478 g/mol. The van der Waals surface area contributed by atoms with Gasteiger partial charge in [-0.05, 0) is 86.3 Å². The number of aromatic nitrogens is 1. The van der Waals surface area contributed by atoms with Crippen molar-refractivity contribution >= 4 is 40.1 Å². The van der Waals surface area contributed by atoms with Gasteiger partial charge in [0.05, 0.1) is 11.4 Å². The van der Waals surface area contributed by atoms with Crippen molar-refractivity contribution in [2.24, 2.45) is 0 Å². The average Bonchev–Trinajstić information content (AvgIpc) is 3.35. The van der Waals surface area contributed by atoms with Gasteiger partial charge in [0.15, 0.2) is 5.54 Å². The highest BCUT2D eigenvalue weighted by Gasteiger charge is 2.59. The molecule has 4 aromatic rings. The first-order valence-electron chi connectivity index (χ1n) is 12.0. The van der Waals surface area contributed by atoms with Crippen molar-refractivity contribution in [2.45, 2.75) is 32.7 Å². The molecule has 1 fully saturated rings. The third-order valence-corrected chi connectivity index (χ3v) is 7.62. The third kappa shape index (κ3) is 3.09. The molecule has 6 rings (SSSR count). The lowest BCUT2D eigenvalue weighted by atomic mass is 9.87. The van der Waals surface area contributed by atoms with Crippen LogP contribution in [0.5, 0.6) is 0 Å². The molecule has 2 aliphatic rings. The number of benzene rings is 3. The summed E-state index contributed by atoms with van der Waals surface area (Å²) in [6.07, 6.45) is 0.680. The van der Waals surface area contributed by atoms with Crippen LogP contribution in [0.4, 0.5) is 16.2 Å². The minimum Gasteiger partial charge on any atom is -0.356 e. The standard InChI is InChI=1S/C29H26N4O3/c1-17-8-11-20(16-18(17)2)30-26(34)19-9-12-21(13-10-19)33-27(35)29(3)25-23(14-15-32(29)28(33)36)22-6-4-5-7-24(22)31-25/h4-13,16,31H,14-15H2,1-3H3,(H,30,34). The molecule has 2 N–H and O–H groups in total. The largest absolute Gasteiger partial charge is 0.356 e. The van der Waals surface area contributed by atoms with Crippen LogP contribution in [0.25, 0.3) is 10.9 Å². The van der Waals surface area contributed by atoms with Gasteiger partial charge in [0.1, 0.15) is 0 Å². The Bertz CT molecular complexity index is 1570. The number of urea groups is 1. The van der Waals surface area contributed by atoms with E-state index in [1.54, 1.807) is 29.2 Å². The SMILES string of the molecule is Cc1ccc(NC(=O)c2ccc(N3C(=O)N4CCc5c([nH]c6ccccc56)C4(C)C3=O)cc2)cc1C. The second-order valence-corrected chi connectivity index (χ2v) is 9.72. The lowest BCUT2D eigenvalue weighted by molar-refractivity contribution is -0.125. The summed E-state index contributed by atoms with van der Waals surface area (Å²) in [5, 5.41) is 3.99. The number of hydrogen-bond acceptors (Lipinski definition) is 3. The Morgan fingerprint density at radius 2 is 1.72 bits per heavy atom. The van der Waals surface area contributed by atoms with Gasteiger partial charge in [-0.1, -0.05) is 24.3 Å². The molecule has 0 aliphatic carbocycles. The van der Waals surface area contributed by atoms with E-state index in [-0.39, 0.29) is 17.8 Å². The van der Waals surface area contributed by atoms with E-state index in [1.165, 1.54) is 4.90 Å². The van der Waals surface area contributed by atoms with E-state index >= 15 is 0 Å². The second kappa shape index (κ2) is 7.81. The number of rotatable bonds is 3. The average molecular weight is 479 g/mol. The highest BCUT2D eigenvalue weighted by atomic mass is 16.2. The molecular formula is C29H26N4O3. The zero-order valence-electron chi connectivity index (χ0n) is 20.4. The van der Waals surface area contributed by atoms with Crippen molar-refractivity contribution in [2.75, 3.05) is 16.8 Å². The fourth-order valence-electron chi connectivity index (χ4n) is 5.40. The molecule has 0 radical (unpaired) electrons. The third-order valence-electron chi connectivity index (χ3n) is 7.62. The van der Waals surface area contributed by atoms with Crippen LogP contribution >= 0.6 is 0 Å². The van der Waals surface area contributed by atoms with Crippen LogP contribution in [0.15, 0.2) is 66.7 Å². The number of H-pyrrole nitrogens is 1. The number of aromatic amines is 1. The van der Waals surface area contributed by atoms with Crippen LogP contribution in [0.3, 0.4) is 0 Å². The summed E-state index contributed by atoms with van der Waals surface area (Å²) in [5.74, 6) is -0.552. The number of amides is 4. The summed E-state index contributed by atoms with van der Waals surface area (Å²) >= 11 is 0. The van der Waals surface area contributed by atoms with E-state index in [1.807, 2.05) is 63.2 Å². The van der Waals surface area contributed by atoms with E-state index in [2.05, 4.69) is 10.3 Å².